The first-order valence-electron chi connectivity index (χ1n) is 8.88. The fourth-order valence-corrected chi connectivity index (χ4v) is 3.49. The van der Waals surface area contributed by atoms with Gasteiger partial charge in [0.2, 0.25) is 5.91 Å². The van der Waals surface area contributed by atoms with E-state index >= 15 is 0 Å². The van der Waals surface area contributed by atoms with Crippen molar-refractivity contribution in [1.82, 2.24) is 5.32 Å². The molecule has 142 valence electrons. The molecule has 0 aliphatic carbocycles. The van der Waals surface area contributed by atoms with Crippen LogP contribution in [0.2, 0.25) is 10.0 Å². The Morgan fingerprint density at radius 2 is 1.85 bits per heavy atom. The van der Waals surface area contributed by atoms with E-state index in [1.807, 2.05) is 12.1 Å². The zero-order valence-electron chi connectivity index (χ0n) is 15.1. The van der Waals surface area contributed by atoms with Crippen molar-refractivity contribution in [1.29, 1.82) is 0 Å². The SMILES string of the molecule is COc1ccc(N2CCC(NC(=O)/C=C/c3cc(Cl)ccc3Cl)CC2)cc1. The van der Waals surface area contributed by atoms with Gasteiger partial charge in [0.05, 0.1) is 7.11 Å². The summed E-state index contributed by atoms with van der Waals surface area (Å²) in [6.45, 7) is 1.81. The fraction of sp³-hybridized carbons (Fsp3) is 0.286. The lowest BCUT2D eigenvalue weighted by molar-refractivity contribution is -0.117. The zero-order valence-corrected chi connectivity index (χ0v) is 16.6. The average Bonchev–Trinajstić information content (AvgIpc) is 2.69. The second-order valence-electron chi connectivity index (χ2n) is 6.47. The highest BCUT2D eigenvalue weighted by molar-refractivity contribution is 6.34. The first-order chi connectivity index (χ1) is 13.0. The summed E-state index contributed by atoms with van der Waals surface area (Å²) in [6, 6.07) is 13.4. The van der Waals surface area contributed by atoms with Gasteiger partial charge in [-0.1, -0.05) is 23.2 Å². The standard InChI is InChI=1S/C21H22Cl2N2O2/c1-27-19-6-4-18(5-7-19)25-12-10-17(11-13-25)24-21(26)9-2-15-14-16(22)3-8-20(15)23/h2-9,14,17H,10-13H2,1H3,(H,24,26)/b9-2+. The minimum atomic E-state index is -0.117. The van der Waals surface area contributed by atoms with Crippen LogP contribution in [0.15, 0.2) is 48.5 Å². The highest BCUT2D eigenvalue weighted by Gasteiger charge is 2.20. The van der Waals surface area contributed by atoms with Gasteiger partial charge in [-0.05, 0) is 66.9 Å². The Morgan fingerprint density at radius 1 is 1.15 bits per heavy atom. The van der Waals surface area contributed by atoms with Gasteiger partial charge in [-0.25, -0.2) is 0 Å². The second kappa shape index (κ2) is 9.16. The number of carbonyl (C=O) groups excluding carboxylic acids is 1. The molecule has 4 nitrogen and oxygen atoms in total. The minimum Gasteiger partial charge on any atom is -0.497 e. The molecule has 1 saturated heterocycles. The van der Waals surface area contributed by atoms with Gasteiger partial charge in [0, 0.05) is 40.9 Å². The van der Waals surface area contributed by atoms with E-state index in [-0.39, 0.29) is 11.9 Å². The summed E-state index contributed by atoms with van der Waals surface area (Å²) < 4.78 is 5.20. The van der Waals surface area contributed by atoms with Crippen molar-refractivity contribution in [2.24, 2.45) is 0 Å². The molecule has 1 N–H and O–H groups in total. The van der Waals surface area contributed by atoms with Crippen molar-refractivity contribution in [2.75, 3.05) is 25.1 Å². The predicted octanol–water partition coefficient (Wildman–Crippen LogP) is 4.80. The van der Waals surface area contributed by atoms with Crippen molar-refractivity contribution < 1.29 is 9.53 Å². The van der Waals surface area contributed by atoms with Gasteiger partial charge >= 0.3 is 0 Å². The quantitative estimate of drug-likeness (QED) is 0.727. The number of anilines is 1. The van der Waals surface area contributed by atoms with Crippen LogP contribution < -0.4 is 15.0 Å². The predicted molar refractivity (Wildman–Crippen MR) is 112 cm³/mol. The summed E-state index contributed by atoms with van der Waals surface area (Å²) in [5.74, 6) is 0.737. The van der Waals surface area contributed by atoms with E-state index in [2.05, 4.69) is 22.3 Å². The van der Waals surface area contributed by atoms with Crippen LogP contribution in [-0.4, -0.2) is 32.1 Å². The Kier molecular flexibility index (Phi) is 6.64. The number of piperidine rings is 1. The molecule has 6 heteroatoms. The van der Waals surface area contributed by atoms with E-state index in [9.17, 15) is 4.79 Å². The lowest BCUT2D eigenvalue weighted by atomic mass is 10.0. The number of benzene rings is 2. The third kappa shape index (κ3) is 5.41. The molecular weight excluding hydrogens is 383 g/mol. The van der Waals surface area contributed by atoms with Gasteiger partial charge in [-0.15, -0.1) is 0 Å². The number of ether oxygens (including phenoxy) is 1. The summed E-state index contributed by atoms with van der Waals surface area (Å²) in [5.41, 5.74) is 1.91. The third-order valence-electron chi connectivity index (χ3n) is 4.65. The largest absolute Gasteiger partial charge is 0.497 e. The van der Waals surface area contributed by atoms with E-state index in [0.717, 1.165) is 37.2 Å². The van der Waals surface area contributed by atoms with Crippen LogP contribution in [-0.2, 0) is 4.79 Å². The highest BCUT2D eigenvalue weighted by Crippen LogP contribution is 2.23. The fourth-order valence-electron chi connectivity index (χ4n) is 3.13. The molecular formula is C21H22Cl2N2O2. The van der Waals surface area contributed by atoms with Gasteiger partial charge in [-0.3, -0.25) is 4.79 Å². The monoisotopic (exact) mass is 404 g/mol. The molecule has 1 aliphatic rings. The Balaban J connectivity index is 1.50. The molecule has 2 aromatic carbocycles. The van der Waals surface area contributed by atoms with E-state index in [0.29, 0.717) is 10.0 Å². The maximum atomic E-state index is 12.2. The van der Waals surface area contributed by atoms with E-state index in [1.165, 1.54) is 11.8 Å². The number of hydrogen-bond donors (Lipinski definition) is 1. The van der Waals surface area contributed by atoms with E-state index < -0.39 is 0 Å². The number of halogens is 2. The molecule has 27 heavy (non-hydrogen) atoms. The summed E-state index contributed by atoms with van der Waals surface area (Å²) in [6.07, 6.45) is 5.01. The lowest BCUT2D eigenvalue weighted by Crippen LogP contribution is -2.44. The second-order valence-corrected chi connectivity index (χ2v) is 7.31. The van der Waals surface area contributed by atoms with Crippen LogP contribution >= 0.6 is 23.2 Å². The van der Waals surface area contributed by atoms with Gasteiger partial charge in [0.1, 0.15) is 5.75 Å². The van der Waals surface area contributed by atoms with Crippen molar-refractivity contribution >= 4 is 40.9 Å². The van der Waals surface area contributed by atoms with Gasteiger partial charge < -0.3 is 15.0 Å². The number of nitrogens with one attached hydrogen (secondary N) is 1. The van der Waals surface area contributed by atoms with Crippen LogP contribution in [0.3, 0.4) is 0 Å². The van der Waals surface area contributed by atoms with Gasteiger partial charge in [0.15, 0.2) is 0 Å². The molecule has 0 radical (unpaired) electrons. The molecule has 0 unspecified atom stereocenters. The Morgan fingerprint density at radius 3 is 2.52 bits per heavy atom. The molecule has 1 aliphatic heterocycles. The molecule has 0 spiro atoms. The lowest BCUT2D eigenvalue weighted by Gasteiger charge is -2.33. The smallest absolute Gasteiger partial charge is 0.244 e. The van der Waals surface area contributed by atoms with Crippen LogP contribution in [0.4, 0.5) is 5.69 Å². The molecule has 1 fully saturated rings. The molecule has 0 atom stereocenters. The topological polar surface area (TPSA) is 41.6 Å². The van der Waals surface area contributed by atoms with Crippen molar-refractivity contribution in [3.8, 4) is 5.75 Å². The van der Waals surface area contributed by atoms with Crippen molar-refractivity contribution in [3.63, 3.8) is 0 Å². The number of hydrogen-bond acceptors (Lipinski definition) is 3. The maximum absolute atomic E-state index is 12.2. The zero-order chi connectivity index (χ0) is 19.2. The Hall–Kier alpha value is -2.17. The van der Waals surface area contributed by atoms with E-state index in [4.69, 9.17) is 27.9 Å². The van der Waals surface area contributed by atoms with E-state index in [1.54, 1.807) is 31.4 Å². The third-order valence-corrected chi connectivity index (χ3v) is 5.23. The van der Waals surface area contributed by atoms with Crippen LogP contribution in [0, 0.1) is 0 Å². The minimum absolute atomic E-state index is 0.117. The van der Waals surface area contributed by atoms with Crippen LogP contribution in [0.5, 0.6) is 5.75 Å². The number of nitrogens with zero attached hydrogens (tertiary/aromatic N) is 1. The number of carbonyl (C=O) groups is 1. The molecule has 0 bridgehead atoms. The molecule has 0 aromatic heterocycles. The van der Waals surface area contributed by atoms with Crippen LogP contribution in [0.25, 0.3) is 6.08 Å². The summed E-state index contributed by atoms with van der Waals surface area (Å²) in [4.78, 5) is 14.5. The van der Waals surface area contributed by atoms with Gasteiger partial charge in [-0.2, -0.15) is 0 Å². The molecule has 1 amide bonds. The maximum Gasteiger partial charge on any atom is 0.244 e. The van der Waals surface area contributed by atoms with Gasteiger partial charge in [0.25, 0.3) is 0 Å². The molecule has 3 rings (SSSR count). The normalized spacial score (nSPS) is 15.1. The molecule has 2 aromatic rings. The molecule has 1 heterocycles. The number of methoxy groups -OCH3 is 1. The molecule has 0 saturated carbocycles. The number of amides is 1. The Bertz CT molecular complexity index is 813. The average molecular weight is 405 g/mol. The first kappa shape index (κ1) is 19.6. The Labute approximate surface area is 169 Å². The summed E-state index contributed by atoms with van der Waals surface area (Å²) in [5, 5.41) is 4.22. The first-order valence-corrected chi connectivity index (χ1v) is 9.63. The summed E-state index contributed by atoms with van der Waals surface area (Å²) >= 11 is 12.1. The number of rotatable bonds is 5. The van der Waals surface area contributed by atoms with Crippen molar-refractivity contribution in [3.05, 3.63) is 64.1 Å². The van der Waals surface area contributed by atoms with Crippen molar-refractivity contribution in [2.45, 2.75) is 18.9 Å². The van der Waals surface area contributed by atoms with Crippen LogP contribution in [0.1, 0.15) is 18.4 Å². The summed E-state index contributed by atoms with van der Waals surface area (Å²) in [7, 11) is 1.66. The highest BCUT2D eigenvalue weighted by atomic mass is 35.5.